The Morgan fingerprint density at radius 3 is 2.20 bits per heavy atom. The molecule has 3 nitrogen and oxygen atoms in total. The van der Waals surface area contributed by atoms with Gasteiger partial charge in [0.25, 0.3) is 0 Å². The molecule has 3 heteroatoms. The Kier molecular flexibility index (Phi) is 9.59. The standard InChI is InChI=1S/C12H25NO2/c1-11(13)9-7-5-3-4-6-8-10-15-12(2)14/h11H,3-10,13H2,1-2H3. The van der Waals surface area contributed by atoms with Crippen LogP contribution in [0, 0.1) is 0 Å². The van der Waals surface area contributed by atoms with Crippen LogP contribution in [0.1, 0.15) is 58.8 Å². The summed E-state index contributed by atoms with van der Waals surface area (Å²) in [5, 5.41) is 0. The van der Waals surface area contributed by atoms with Gasteiger partial charge in [0.15, 0.2) is 0 Å². The van der Waals surface area contributed by atoms with Crippen LogP contribution in [0.3, 0.4) is 0 Å². The Morgan fingerprint density at radius 2 is 1.67 bits per heavy atom. The third-order valence-electron chi connectivity index (χ3n) is 2.36. The molecule has 0 aliphatic heterocycles. The van der Waals surface area contributed by atoms with Gasteiger partial charge in [0.2, 0.25) is 0 Å². The highest BCUT2D eigenvalue weighted by Crippen LogP contribution is 2.08. The number of rotatable bonds is 9. The summed E-state index contributed by atoms with van der Waals surface area (Å²) >= 11 is 0. The number of hydrogen-bond donors (Lipinski definition) is 1. The molecule has 0 aromatic carbocycles. The predicted octanol–water partition coefficient (Wildman–Crippen LogP) is 2.63. The second-order valence-electron chi connectivity index (χ2n) is 4.23. The number of hydrogen-bond acceptors (Lipinski definition) is 3. The van der Waals surface area contributed by atoms with Crippen LogP contribution in [0.15, 0.2) is 0 Å². The number of carbonyl (C=O) groups is 1. The van der Waals surface area contributed by atoms with Gasteiger partial charge in [-0.1, -0.05) is 32.1 Å². The van der Waals surface area contributed by atoms with Crippen molar-refractivity contribution in [2.45, 2.75) is 64.8 Å². The lowest BCUT2D eigenvalue weighted by Gasteiger charge is -2.04. The Bertz CT molecular complexity index is 158. The van der Waals surface area contributed by atoms with E-state index in [4.69, 9.17) is 10.5 Å². The second kappa shape index (κ2) is 9.97. The van der Waals surface area contributed by atoms with Gasteiger partial charge in [0.1, 0.15) is 0 Å². The lowest BCUT2D eigenvalue weighted by molar-refractivity contribution is -0.141. The van der Waals surface area contributed by atoms with Gasteiger partial charge in [-0.15, -0.1) is 0 Å². The lowest BCUT2D eigenvalue weighted by Crippen LogP contribution is -2.13. The number of nitrogens with two attached hydrogens (primary N) is 1. The van der Waals surface area contributed by atoms with Crippen molar-refractivity contribution < 1.29 is 9.53 Å². The van der Waals surface area contributed by atoms with E-state index in [1.807, 2.05) is 0 Å². The molecular weight excluding hydrogens is 190 g/mol. The zero-order chi connectivity index (χ0) is 11.5. The summed E-state index contributed by atoms with van der Waals surface area (Å²) in [7, 11) is 0. The van der Waals surface area contributed by atoms with Crippen molar-refractivity contribution in [2.75, 3.05) is 6.61 Å². The van der Waals surface area contributed by atoms with Gasteiger partial charge in [0, 0.05) is 13.0 Å². The van der Waals surface area contributed by atoms with E-state index in [1.165, 1.54) is 32.6 Å². The fraction of sp³-hybridized carbons (Fsp3) is 0.917. The van der Waals surface area contributed by atoms with Crippen molar-refractivity contribution in [2.24, 2.45) is 5.73 Å². The molecule has 0 aliphatic carbocycles. The minimum atomic E-state index is -0.174. The minimum absolute atomic E-state index is 0.174. The van der Waals surface area contributed by atoms with Crippen molar-refractivity contribution in [1.29, 1.82) is 0 Å². The van der Waals surface area contributed by atoms with E-state index in [2.05, 4.69) is 6.92 Å². The molecule has 0 aromatic rings. The summed E-state index contributed by atoms with van der Waals surface area (Å²) in [6, 6.07) is 0.342. The first-order chi connectivity index (χ1) is 7.13. The lowest BCUT2D eigenvalue weighted by atomic mass is 10.1. The maximum Gasteiger partial charge on any atom is 0.302 e. The highest BCUT2D eigenvalue weighted by atomic mass is 16.5. The van der Waals surface area contributed by atoms with Gasteiger partial charge in [-0.3, -0.25) is 4.79 Å². The molecule has 0 rings (SSSR count). The molecule has 1 unspecified atom stereocenters. The summed E-state index contributed by atoms with van der Waals surface area (Å²) in [6.45, 7) is 4.09. The van der Waals surface area contributed by atoms with Gasteiger partial charge in [-0.2, -0.15) is 0 Å². The summed E-state index contributed by atoms with van der Waals surface area (Å²) in [6.07, 6.45) is 8.30. The van der Waals surface area contributed by atoms with Crippen LogP contribution in [0.2, 0.25) is 0 Å². The third kappa shape index (κ3) is 13.4. The van der Waals surface area contributed by atoms with Gasteiger partial charge in [-0.05, 0) is 19.8 Å². The van der Waals surface area contributed by atoms with Crippen molar-refractivity contribution in [3.8, 4) is 0 Å². The van der Waals surface area contributed by atoms with E-state index in [9.17, 15) is 4.79 Å². The monoisotopic (exact) mass is 215 g/mol. The molecule has 1 atom stereocenters. The second-order valence-corrected chi connectivity index (χ2v) is 4.23. The molecule has 0 amide bonds. The van der Waals surface area contributed by atoms with E-state index in [0.717, 1.165) is 19.3 Å². The van der Waals surface area contributed by atoms with Gasteiger partial charge < -0.3 is 10.5 Å². The van der Waals surface area contributed by atoms with E-state index >= 15 is 0 Å². The Morgan fingerprint density at radius 1 is 1.13 bits per heavy atom. The average molecular weight is 215 g/mol. The van der Waals surface area contributed by atoms with Crippen molar-refractivity contribution in [3.05, 3.63) is 0 Å². The normalized spacial score (nSPS) is 12.5. The smallest absolute Gasteiger partial charge is 0.302 e. The topological polar surface area (TPSA) is 52.3 Å². The minimum Gasteiger partial charge on any atom is -0.466 e. The molecule has 0 bridgehead atoms. The average Bonchev–Trinajstić information content (AvgIpc) is 2.14. The SMILES string of the molecule is CC(=O)OCCCCCCCCC(C)N. The summed E-state index contributed by atoms with van der Waals surface area (Å²) in [5.74, 6) is -0.174. The van der Waals surface area contributed by atoms with Gasteiger partial charge in [0.05, 0.1) is 6.61 Å². The number of ether oxygens (including phenoxy) is 1. The van der Waals surface area contributed by atoms with E-state index < -0.39 is 0 Å². The van der Waals surface area contributed by atoms with Crippen LogP contribution in [0.5, 0.6) is 0 Å². The summed E-state index contributed by atoms with van der Waals surface area (Å²) in [5.41, 5.74) is 5.65. The van der Waals surface area contributed by atoms with Crippen LogP contribution in [0.4, 0.5) is 0 Å². The maximum absolute atomic E-state index is 10.4. The Balaban J connectivity index is 2.96. The first-order valence-corrected chi connectivity index (χ1v) is 6.02. The fourth-order valence-electron chi connectivity index (χ4n) is 1.49. The Labute approximate surface area is 93.4 Å². The third-order valence-corrected chi connectivity index (χ3v) is 2.36. The number of unbranched alkanes of at least 4 members (excludes halogenated alkanes) is 5. The van der Waals surface area contributed by atoms with Crippen LogP contribution in [0.25, 0.3) is 0 Å². The van der Waals surface area contributed by atoms with Crippen LogP contribution in [-0.2, 0) is 9.53 Å². The molecular formula is C12H25NO2. The highest BCUT2D eigenvalue weighted by Gasteiger charge is 1.96. The van der Waals surface area contributed by atoms with Crippen molar-refractivity contribution in [1.82, 2.24) is 0 Å². The van der Waals surface area contributed by atoms with E-state index in [-0.39, 0.29) is 5.97 Å². The molecule has 0 saturated heterocycles. The zero-order valence-electron chi connectivity index (χ0n) is 10.1. The van der Waals surface area contributed by atoms with Crippen LogP contribution >= 0.6 is 0 Å². The summed E-state index contributed by atoms with van der Waals surface area (Å²) in [4.78, 5) is 10.4. The van der Waals surface area contributed by atoms with Crippen molar-refractivity contribution in [3.63, 3.8) is 0 Å². The molecule has 0 saturated carbocycles. The Hall–Kier alpha value is -0.570. The number of carbonyl (C=O) groups excluding carboxylic acids is 1. The summed E-state index contributed by atoms with van der Waals surface area (Å²) < 4.78 is 4.85. The maximum atomic E-state index is 10.4. The largest absolute Gasteiger partial charge is 0.466 e. The quantitative estimate of drug-likeness (QED) is 0.475. The van der Waals surface area contributed by atoms with Crippen LogP contribution < -0.4 is 5.73 Å². The fourth-order valence-corrected chi connectivity index (χ4v) is 1.49. The molecule has 0 aliphatic rings. The zero-order valence-corrected chi connectivity index (χ0v) is 10.1. The highest BCUT2D eigenvalue weighted by molar-refractivity contribution is 5.65. The molecule has 0 spiro atoms. The van der Waals surface area contributed by atoms with Crippen LogP contribution in [-0.4, -0.2) is 18.6 Å². The molecule has 0 radical (unpaired) electrons. The predicted molar refractivity (Wildman–Crippen MR) is 62.6 cm³/mol. The van der Waals surface area contributed by atoms with Crippen molar-refractivity contribution >= 4 is 5.97 Å². The van der Waals surface area contributed by atoms with E-state index in [0.29, 0.717) is 12.6 Å². The molecule has 0 aromatic heterocycles. The molecule has 15 heavy (non-hydrogen) atoms. The first kappa shape index (κ1) is 14.4. The van der Waals surface area contributed by atoms with E-state index in [1.54, 1.807) is 0 Å². The number of esters is 1. The molecule has 90 valence electrons. The molecule has 0 fully saturated rings. The molecule has 0 heterocycles. The van der Waals surface area contributed by atoms with Gasteiger partial charge in [-0.25, -0.2) is 0 Å². The first-order valence-electron chi connectivity index (χ1n) is 6.02. The molecule has 2 N–H and O–H groups in total. The van der Waals surface area contributed by atoms with Gasteiger partial charge >= 0.3 is 5.97 Å².